The molecule has 2 aromatic rings. The Morgan fingerprint density at radius 2 is 2.04 bits per heavy atom. The normalized spacial score (nSPS) is 17.3. The number of halogens is 2. The molecule has 1 aliphatic heterocycles. The number of nitrogens with zero attached hydrogens (tertiary/aromatic N) is 1. The van der Waals surface area contributed by atoms with E-state index in [9.17, 15) is 13.6 Å². The van der Waals surface area contributed by atoms with Gasteiger partial charge in [-0.2, -0.15) is 0 Å². The zero-order valence-corrected chi connectivity index (χ0v) is 14.7. The molecule has 0 aromatic heterocycles. The van der Waals surface area contributed by atoms with Crippen LogP contribution in [0.25, 0.3) is 11.1 Å². The molecule has 0 radical (unpaired) electrons. The van der Waals surface area contributed by atoms with Crippen LogP contribution in [0.5, 0.6) is 0 Å². The Labute approximate surface area is 151 Å². The van der Waals surface area contributed by atoms with Crippen LogP contribution in [0.15, 0.2) is 42.5 Å². The Morgan fingerprint density at radius 3 is 2.77 bits per heavy atom. The summed E-state index contributed by atoms with van der Waals surface area (Å²) >= 11 is 0. The number of likely N-dealkylation sites (tertiary alicyclic amines) is 1. The van der Waals surface area contributed by atoms with Gasteiger partial charge in [-0.05, 0) is 51.1 Å². The Hall–Kier alpha value is -2.47. The van der Waals surface area contributed by atoms with E-state index in [1.807, 2.05) is 0 Å². The fourth-order valence-corrected chi connectivity index (χ4v) is 3.31. The number of rotatable bonds is 5. The van der Waals surface area contributed by atoms with E-state index in [0.29, 0.717) is 23.9 Å². The summed E-state index contributed by atoms with van der Waals surface area (Å²) < 4.78 is 32.5. The largest absolute Gasteiger partial charge is 0.449 e. The standard InChI is InChI=1S/C20H22F2N2O2/c1-24-11-4-5-15(24)10-12-26-20(25)23-19-7-3-2-6-17(19)16-9-8-14(21)13-18(16)22/h2-3,6-9,13,15H,4-5,10-12H2,1H3,(H,23,25). The van der Waals surface area contributed by atoms with E-state index in [-0.39, 0.29) is 5.56 Å². The molecule has 3 rings (SSSR count). The summed E-state index contributed by atoms with van der Waals surface area (Å²) in [6.07, 6.45) is 2.50. The first kappa shape index (κ1) is 18.3. The fourth-order valence-electron chi connectivity index (χ4n) is 3.31. The molecule has 0 spiro atoms. The lowest BCUT2D eigenvalue weighted by Gasteiger charge is -2.19. The number of nitrogens with one attached hydrogen (secondary N) is 1. The van der Waals surface area contributed by atoms with E-state index in [0.717, 1.165) is 25.5 Å². The molecule has 2 aromatic carbocycles. The predicted molar refractivity (Wildman–Crippen MR) is 97.0 cm³/mol. The van der Waals surface area contributed by atoms with Crippen molar-refractivity contribution in [3.05, 3.63) is 54.1 Å². The van der Waals surface area contributed by atoms with E-state index in [4.69, 9.17) is 4.74 Å². The van der Waals surface area contributed by atoms with Crippen LogP contribution in [0.2, 0.25) is 0 Å². The monoisotopic (exact) mass is 360 g/mol. The zero-order chi connectivity index (χ0) is 18.5. The molecule has 0 aliphatic carbocycles. The molecule has 1 heterocycles. The Bertz CT molecular complexity index is 782. The average molecular weight is 360 g/mol. The number of ether oxygens (including phenoxy) is 1. The minimum atomic E-state index is -0.683. The lowest BCUT2D eigenvalue weighted by Crippen LogP contribution is -2.27. The maximum Gasteiger partial charge on any atom is 0.411 e. The van der Waals surface area contributed by atoms with Crippen molar-refractivity contribution < 1.29 is 18.3 Å². The topological polar surface area (TPSA) is 41.6 Å². The number of benzene rings is 2. The van der Waals surface area contributed by atoms with Crippen LogP contribution in [-0.2, 0) is 4.74 Å². The molecule has 0 bridgehead atoms. The van der Waals surface area contributed by atoms with E-state index in [1.165, 1.54) is 18.6 Å². The molecular formula is C20H22F2N2O2. The molecule has 1 N–H and O–H groups in total. The molecule has 138 valence electrons. The van der Waals surface area contributed by atoms with Gasteiger partial charge in [0.05, 0.1) is 12.3 Å². The molecular weight excluding hydrogens is 338 g/mol. The molecule has 6 heteroatoms. The highest BCUT2D eigenvalue weighted by Crippen LogP contribution is 2.30. The molecule has 0 saturated carbocycles. The molecule has 1 atom stereocenters. The first-order chi connectivity index (χ1) is 12.5. The van der Waals surface area contributed by atoms with E-state index < -0.39 is 17.7 Å². The minimum absolute atomic E-state index is 0.217. The number of amides is 1. The van der Waals surface area contributed by atoms with Crippen molar-refractivity contribution in [3.8, 4) is 11.1 Å². The van der Waals surface area contributed by atoms with Gasteiger partial charge in [0.25, 0.3) is 0 Å². The van der Waals surface area contributed by atoms with Gasteiger partial charge in [-0.1, -0.05) is 18.2 Å². The summed E-state index contributed by atoms with van der Waals surface area (Å²) in [7, 11) is 2.07. The van der Waals surface area contributed by atoms with Crippen LogP contribution in [0.1, 0.15) is 19.3 Å². The minimum Gasteiger partial charge on any atom is -0.449 e. The van der Waals surface area contributed by atoms with Gasteiger partial charge in [-0.25, -0.2) is 13.6 Å². The van der Waals surface area contributed by atoms with Crippen molar-refractivity contribution in [1.29, 1.82) is 0 Å². The lowest BCUT2D eigenvalue weighted by atomic mass is 10.0. The van der Waals surface area contributed by atoms with Crippen LogP contribution in [0, 0.1) is 11.6 Å². The van der Waals surface area contributed by atoms with Crippen LogP contribution in [-0.4, -0.2) is 37.2 Å². The highest BCUT2D eigenvalue weighted by Gasteiger charge is 2.21. The first-order valence-electron chi connectivity index (χ1n) is 8.73. The van der Waals surface area contributed by atoms with Gasteiger partial charge in [-0.3, -0.25) is 5.32 Å². The molecule has 1 amide bonds. The van der Waals surface area contributed by atoms with Crippen molar-refractivity contribution in [2.75, 3.05) is 25.5 Å². The van der Waals surface area contributed by atoms with Crippen LogP contribution in [0.4, 0.5) is 19.3 Å². The Kier molecular flexibility index (Phi) is 5.83. The quantitative estimate of drug-likeness (QED) is 0.843. The molecule has 1 fully saturated rings. The molecule has 1 unspecified atom stereocenters. The van der Waals surface area contributed by atoms with Gasteiger partial charge in [0.15, 0.2) is 0 Å². The predicted octanol–water partition coefficient (Wildman–Crippen LogP) is 4.66. The van der Waals surface area contributed by atoms with Crippen molar-refractivity contribution in [2.24, 2.45) is 0 Å². The van der Waals surface area contributed by atoms with Crippen LogP contribution in [0.3, 0.4) is 0 Å². The van der Waals surface area contributed by atoms with Crippen LogP contribution < -0.4 is 5.32 Å². The van der Waals surface area contributed by atoms with Crippen molar-refractivity contribution in [2.45, 2.75) is 25.3 Å². The SMILES string of the molecule is CN1CCCC1CCOC(=O)Nc1ccccc1-c1ccc(F)cc1F. The van der Waals surface area contributed by atoms with Gasteiger partial charge in [0.1, 0.15) is 11.6 Å². The fraction of sp³-hybridized carbons (Fsp3) is 0.350. The summed E-state index contributed by atoms with van der Waals surface area (Å²) in [6, 6.07) is 10.6. The molecule has 1 aliphatic rings. The second kappa shape index (κ2) is 8.27. The summed E-state index contributed by atoms with van der Waals surface area (Å²) in [5.74, 6) is -1.33. The average Bonchev–Trinajstić information content (AvgIpc) is 3.01. The van der Waals surface area contributed by atoms with Gasteiger partial charge >= 0.3 is 6.09 Å². The Balaban J connectivity index is 1.63. The van der Waals surface area contributed by atoms with E-state index >= 15 is 0 Å². The number of hydrogen-bond donors (Lipinski definition) is 1. The van der Waals surface area contributed by atoms with Gasteiger partial charge < -0.3 is 9.64 Å². The first-order valence-corrected chi connectivity index (χ1v) is 8.73. The highest BCUT2D eigenvalue weighted by molar-refractivity contribution is 5.91. The number of hydrogen-bond acceptors (Lipinski definition) is 3. The smallest absolute Gasteiger partial charge is 0.411 e. The maximum atomic E-state index is 14.1. The van der Waals surface area contributed by atoms with Gasteiger partial charge in [0, 0.05) is 23.2 Å². The number of para-hydroxylation sites is 1. The highest BCUT2D eigenvalue weighted by atomic mass is 19.1. The summed E-state index contributed by atoms with van der Waals surface area (Å²) in [6.45, 7) is 1.40. The lowest BCUT2D eigenvalue weighted by molar-refractivity contribution is 0.147. The van der Waals surface area contributed by atoms with Crippen LogP contribution >= 0.6 is 0 Å². The van der Waals surface area contributed by atoms with Gasteiger partial charge in [-0.15, -0.1) is 0 Å². The van der Waals surface area contributed by atoms with E-state index in [1.54, 1.807) is 24.3 Å². The third-order valence-corrected chi connectivity index (χ3v) is 4.74. The number of anilines is 1. The summed E-state index contributed by atoms with van der Waals surface area (Å²) in [4.78, 5) is 14.4. The third kappa shape index (κ3) is 4.38. The third-order valence-electron chi connectivity index (χ3n) is 4.74. The zero-order valence-electron chi connectivity index (χ0n) is 14.7. The number of carbonyl (C=O) groups is 1. The van der Waals surface area contributed by atoms with Crippen molar-refractivity contribution in [3.63, 3.8) is 0 Å². The van der Waals surface area contributed by atoms with E-state index in [2.05, 4.69) is 17.3 Å². The summed E-state index contributed by atoms with van der Waals surface area (Å²) in [5, 5.41) is 2.65. The molecule has 26 heavy (non-hydrogen) atoms. The second-order valence-electron chi connectivity index (χ2n) is 6.50. The van der Waals surface area contributed by atoms with Crippen molar-refractivity contribution >= 4 is 11.8 Å². The molecule has 4 nitrogen and oxygen atoms in total. The Morgan fingerprint density at radius 1 is 1.23 bits per heavy atom. The maximum absolute atomic E-state index is 14.1. The number of carbonyl (C=O) groups excluding carboxylic acids is 1. The second-order valence-corrected chi connectivity index (χ2v) is 6.50. The summed E-state index contributed by atoms with van der Waals surface area (Å²) in [5.41, 5.74) is 1.10. The van der Waals surface area contributed by atoms with Crippen molar-refractivity contribution in [1.82, 2.24) is 4.90 Å². The van der Waals surface area contributed by atoms with Gasteiger partial charge in [0.2, 0.25) is 0 Å². The molecule has 1 saturated heterocycles.